The lowest BCUT2D eigenvalue weighted by Gasteiger charge is -2.44. The normalized spacial score (nSPS) is 36.1. The third-order valence-electron chi connectivity index (χ3n) is 17.6. The molecule has 0 amide bonds. The largest absolute Gasteiger partial charge is 0.490 e. The Kier molecular flexibility index (Phi) is 18.0. The fourth-order valence-corrected chi connectivity index (χ4v) is 13.9. The Hall–Kier alpha value is -2.16. The van der Waals surface area contributed by atoms with Crippen molar-refractivity contribution in [2.75, 3.05) is 0 Å². The van der Waals surface area contributed by atoms with Crippen molar-refractivity contribution in [2.45, 2.75) is 233 Å². The van der Waals surface area contributed by atoms with E-state index in [2.05, 4.69) is 65.5 Å². The third kappa shape index (κ3) is 14.0. The average Bonchev–Trinajstić information content (AvgIpc) is 3.74. The van der Waals surface area contributed by atoms with Gasteiger partial charge in [-0.25, -0.2) is 4.79 Å². The van der Waals surface area contributed by atoms with E-state index in [9.17, 15) is 33.3 Å². The highest BCUT2D eigenvalue weighted by Gasteiger charge is 2.52. The van der Waals surface area contributed by atoms with Crippen LogP contribution in [0.25, 0.3) is 0 Å². The first-order valence-electron chi connectivity index (χ1n) is 25.7. The minimum atomic E-state index is -4.94. The Balaban J connectivity index is 0.000000245. The smallest absolute Gasteiger partial charge is 0.455 e. The number of carbonyl (C=O) groups is 1. The highest BCUT2D eigenvalue weighted by molar-refractivity contribution is 5.75. The summed E-state index contributed by atoms with van der Waals surface area (Å²) in [6.07, 6.45) is 26.2. The molecule has 64 heavy (non-hydrogen) atoms. The minimum Gasteiger partial charge on any atom is -0.455 e. The molecule has 0 heterocycles. The number of fused-ring (bicyclic) bond motifs is 2. The monoisotopic (exact) mass is 899 g/mol. The molecule has 5 nitrogen and oxygen atoms in total. The summed E-state index contributed by atoms with van der Waals surface area (Å²) in [6.45, 7) is 23.8. The van der Waals surface area contributed by atoms with Gasteiger partial charge in [0.15, 0.2) is 0 Å². The number of hydrogen-bond donors (Lipinski definition) is 3. The van der Waals surface area contributed by atoms with Gasteiger partial charge in [0, 0.05) is 6.42 Å². The quantitative estimate of drug-likeness (QED) is 0.160. The molecule has 0 spiro atoms. The van der Waals surface area contributed by atoms with E-state index in [1.807, 2.05) is 27.7 Å². The van der Waals surface area contributed by atoms with Gasteiger partial charge in [0.05, 0.1) is 17.3 Å². The van der Waals surface area contributed by atoms with E-state index in [1.54, 1.807) is 5.57 Å². The highest BCUT2D eigenvalue weighted by atomic mass is 19.4. The second kappa shape index (κ2) is 21.9. The molecule has 6 aliphatic rings. The van der Waals surface area contributed by atoms with Crippen molar-refractivity contribution in [3.8, 4) is 0 Å². The Morgan fingerprint density at radius 3 is 1.70 bits per heavy atom. The van der Waals surface area contributed by atoms with Crippen molar-refractivity contribution < 1.29 is 38.0 Å². The summed E-state index contributed by atoms with van der Waals surface area (Å²) in [5.41, 5.74) is 6.28. The van der Waals surface area contributed by atoms with Crippen molar-refractivity contribution in [3.63, 3.8) is 0 Å². The maximum Gasteiger partial charge on any atom is 0.490 e. The molecule has 6 saturated carbocycles. The molecule has 3 N–H and O–H groups in total. The number of rotatable bonds is 13. The van der Waals surface area contributed by atoms with Crippen molar-refractivity contribution in [1.29, 1.82) is 0 Å². The van der Waals surface area contributed by atoms with E-state index in [-0.39, 0.29) is 12.0 Å². The lowest BCUT2D eigenvalue weighted by molar-refractivity contribution is -0.205. The van der Waals surface area contributed by atoms with Crippen LogP contribution >= 0.6 is 0 Å². The second-order valence-corrected chi connectivity index (χ2v) is 23.7. The molecule has 6 fully saturated rings. The number of halogens is 3. The van der Waals surface area contributed by atoms with Gasteiger partial charge in [-0.15, -0.1) is 0 Å². The van der Waals surface area contributed by atoms with Crippen LogP contribution in [0.1, 0.15) is 204 Å². The molecule has 364 valence electrons. The Bertz CT molecular complexity index is 1710. The number of esters is 1. The van der Waals surface area contributed by atoms with Gasteiger partial charge >= 0.3 is 12.1 Å². The zero-order valence-electron chi connectivity index (χ0n) is 41.6. The topological polar surface area (TPSA) is 87.0 Å². The highest BCUT2D eigenvalue weighted by Crippen LogP contribution is 2.61. The molecule has 0 aliphatic heterocycles. The van der Waals surface area contributed by atoms with E-state index in [0.29, 0.717) is 41.4 Å². The first-order valence-corrected chi connectivity index (χ1v) is 25.7. The van der Waals surface area contributed by atoms with Gasteiger partial charge in [-0.3, -0.25) is 0 Å². The molecule has 0 aromatic heterocycles. The Morgan fingerprint density at radius 1 is 0.734 bits per heavy atom. The standard InChI is InChI=1S/C29H45F3O3.C27H44O2/c1-19-10-13-23(35-26(33)29(30,31)32)18-22(19)12-11-21-9-7-17-28(5)24(14-15-25(21)28)20(2)8-6-16-27(3,4)34;1-19-10-13-23(28)18-22(19)12-11-21-9-7-17-27(5)24(14-15-25(21)27)20(2)8-6-16-26(3,4)29/h11-12,19-20,23-25,34H,6-10,13-18H2,1-5H3;11-12,20,23-25,28-29H,1,6-10,13-18H2,2-5H3/b2*21-11+,22-12-/t19?,20?,23-,24+,25?,28+;20?,23-,24+,25?,27+/m00/s1. The van der Waals surface area contributed by atoms with Gasteiger partial charge < -0.3 is 20.1 Å². The molecule has 0 aromatic rings. The molecule has 5 unspecified atom stereocenters. The average molecular weight is 899 g/mol. The zero-order chi connectivity index (χ0) is 47.3. The van der Waals surface area contributed by atoms with Crippen LogP contribution in [0, 0.1) is 52.3 Å². The van der Waals surface area contributed by atoms with E-state index in [4.69, 9.17) is 4.74 Å². The summed E-state index contributed by atoms with van der Waals surface area (Å²) < 4.78 is 42.7. The molecule has 6 aliphatic carbocycles. The van der Waals surface area contributed by atoms with Gasteiger partial charge in [-0.2, -0.15) is 13.2 Å². The van der Waals surface area contributed by atoms with Crippen molar-refractivity contribution >= 4 is 5.97 Å². The van der Waals surface area contributed by atoms with Crippen LogP contribution in [0.5, 0.6) is 0 Å². The number of ether oxygens (including phenoxy) is 1. The van der Waals surface area contributed by atoms with Gasteiger partial charge in [0.2, 0.25) is 0 Å². The van der Waals surface area contributed by atoms with E-state index in [0.717, 1.165) is 87.5 Å². The van der Waals surface area contributed by atoms with Crippen LogP contribution < -0.4 is 0 Å². The lowest BCUT2D eigenvalue weighted by atomic mass is 9.60. The number of hydrogen-bond acceptors (Lipinski definition) is 5. The number of alkyl halides is 3. The van der Waals surface area contributed by atoms with Crippen LogP contribution in [0.3, 0.4) is 0 Å². The first-order chi connectivity index (χ1) is 29.8. The molecule has 0 aromatic carbocycles. The SMILES string of the molecule is C=C1CC[C@H](O)C/C1=C/C=C1\CCC[C@@]2(C)C1CC[C@@H]2C(C)CCCC(C)(C)O.CC1CC[C@H](OC(=O)C(F)(F)F)C/C1=C/C=C1\CCC[C@@]2(C)C1CC[C@@H]2C(C)CCCC(C)(C)O. The lowest BCUT2D eigenvalue weighted by Crippen LogP contribution is -2.36. The van der Waals surface area contributed by atoms with Crippen LogP contribution in [0.2, 0.25) is 0 Å². The zero-order valence-corrected chi connectivity index (χ0v) is 41.6. The van der Waals surface area contributed by atoms with Crippen LogP contribution in [-0.2, 0) is 9.53 Å². The fourth-order valence-electron chi connectivity index (χ4n) is 13.9. The van der Waals surface area contributed by atoms with Crippen LogP contribution in [0.15, 0.2) is 58.7 Å². The summed E-state index contributed by atoms with van der Waals surface area (Å²) in [5.74, 6) is 2.35. The fraction of sp³-hybridized carbons (Fsp3) is 0.804. The third-order valence-corrected chi connectivity index (χ3v) is 17.6. The number of aliphatic hydroxyl groups is 3. The number of allylic oxidation sites excluding steroid dienone is 7. The predicted octanol–water partition coefficient (Wildman–Crippen LogP) is 14.7. The Morgan fingerprint density at radius 2 is 1.22 bits per heavy atom. The molecule has 0 radical (unpaired) electrons. The molecular formula is C56H89F3O5. The minimum absolute atomic E-state index is 0.192. The summed E-state index contributed by atoms with van der Waals surface area (Å²) in [6, 6.07) is 0. The second-order valence-electron chi connectivity index (χ2n) is 23.7. The van der Waals surface area contributed by atoms with Gasteiger partial charge in [0.1, 0.15) is 6.10 Å². The Labute approximate surface area is 386 Å². The van der Waals surface area contributed by atoms with Crippen molar-refractivity contribution in [2.24, 2.45) is 52.3 Å². The summed E-state index contributed by atoms with van der Waals surface area (Å²) >= 11 is 0. The van der Waals surface area contributed by atoms with E-state index >= 15 is 0 Å². The number of carbonyl (C=O) groups excluding carboxylic acids is 1. The van der Waals surface area contributed by atoms with Crippen LogP contribution in [0.4, 0.5) is 13.2 Å². The van der Waals surface area contributed by atoms with E-state index in [1.165, 1.54) is 80.9 Å². The van der Waals surface area contributed by atoms with Gasteiger partial charge in [-0.1, -0.05) is 113 Å². The predicted molar refractivity (Wildman–Crippen MR) is 255 cm³/mol. The van der Waals surface area contributed by atoms with E-state index < -0.39 is 29.5 Å². The first kappa shape index (κ1) is 52.8. The van der Waals surface area contributed by atoms with Crippen molar-refractivity contribution in [1.82, 2.24) is 0 Å². The maximum absolute atomic E-state index is 12.6. The molecule has 8 heteroatoms. The maximum atomic E-state index is 12.6. The molecule has 11 atom stereocenters. The van der Waals surface area contributed by atoms with Gasteiger partial charge in [0.25, 0.3) is 0 Å². The molecular weight excluding hydrogens is 810 g/mol. The number of aliphatic hydroxyl groups excluding tert-OH is 1. The summed E-state index contributed by atoms with van der Waals surface area (Å²) in [5, 5.41) is 30.1. The van der Waals surface area contributed by atoms with Crippen molar-refractivity contribution in [3.05, 3.63) is 58.7 Å². The molecule has 0 saturated heterocycles. The molecule has 0 bridgehead atoms. The summed E-state index contributed by atoms with van der Waals surface area (Å²) in [4.78, 5) is 11.3. The van der Waals surface area contributed by atoms with Crippen LogP contribution in [-0.4, -0.2) is 50.9 Å². The van der Waals surface area contributed by atoms with Gasteiger partial charge in [-0.05, 0) is 195 Å². The molecule has 6 rings (SSSR count). The summed E-state index contributed by atoms with van der Waals surface area (Å²) in [7, 11) is 0.